The second-order valence-corrected chi connectivity index (χ2v) is 8.21. The molecule has 0 fully saturated rings. The van der Waals surface area contributed by atoms with Crippen molar-refractivity contribution in [3.05, 3.63) is 36.0 Å². The van der Waals surface area contributed by atoms with Crippen LogP contribution in [-0.4, -0.2) is 21.1 Å². The van der Waals surface area contributed by atoms with E-state index < -0.39 is 5.91 Å². The summed E-state index contributed by atoms with van der Waals surface area (Å²) in [6.45, 7) is 3.60. The van der Waals surface area contributed by atoms with Crippen molar-refractivity contribution in [2.24, 2.45) is 5.18 Å². The maximum Gasteiger partial charge on any atom is 0.326 e. The van der Waals surface area contributed by atoms with Crippen LogP contribution in [0.5, 0.6) is 11.8 Å². The van der Waals surface area contributed by atoms with E-state index in [1.807, 2.05) is 6.92 Å². The molecule has 0 radical (unpaired) electrons. The summed E-state index contributed by atoms with van der Waals surface area (Å²) in [5.41, 5.74) is 1.97. The number of aryl methyl sites for hydroxylation is 2. The Hall–Kier alpha value is -2.16. The molecule has 3 rings (SSSR count). The van der Waals surface area contributed by atoms with Gasteiger partial charge in [0.05, 0.1) is 20.3 Å². The Morgan fingerprint density at radius 1 is 1.08 bits per heavy atom. The van der Waals surface area contributed by atoms with Crippen LogP contribution in [-0.2, 0) is 0 Å². The van der Waals surface area contributed by atoms with Crippen molar-refractivity contribution in [2.45, 2.75) is 13.8 Å². The second-order valence-electron chi connectivity index (χ2n) is 5.07. The predicted molar refractivity (Wildman–Crippen MR) is 95.4 cm³/mol. The molecule has 6 nitrogen and oxygen atoms in total. The minimum atomic E-state index is -0.870. The molecule has 3 heterocycles. The zero-order chi connectivity index (χ0) is 17.6. The fourth-order valence-electron chi connectivity index (χ4n) is 2.57. The number of nitroso groups, excluding NO2 is 1. The van der Waals surface area contributed by atoms with Crippen molar-refractivity contribution in [1.82, 2.24) is 4.98 Å². The first-order chi connectivity index (χ1) is 11.3. The van der Waals surface area contributed by atoms with Gasteiger partial charge in [0.2, 0.25) is 0 Å². The molecule has 0 unspecified atom stereocenters. The normalized spacial score (nSPS) is 11.0. The number of carbonyl (C=O) groups excluding carboxylic acids is 1. The van der Waals surface area contributed by atoms with Gasteiger partial charge in [0, 0.05) is 26.1 Å². The topological polar surface area (TPSA) is 103 Å². The minimum Gasteiger partial charge on any atom is -0.494 e. The molecular formula is C15H11ClN2O4S2. The molecule has 0 saturated carbocycles. The number of thiophene rings is 2. The molecule has 0 saturated heterocycles. The number of carbonyl (C=O) groups is 1. The average molecular weight is 383 g/mol. The molecule has 3 aromatic rings. The van der Waals surface area contributed by atoms with Gasteiger partial charge in [0.1, 0.15) is 0 Å². The number of amides is 1. The number of aromatic amines is 1. The zero-order valence-corrected chi connectivity index (χ0v) is 14.9. The summed E-state index contributed by atoms with van der Waals surface area (Å²) < 4.78 is 0.552. The van der Waals surface area contributed by atoms with Gasteiger partial charge in [-0.1, -0.05) is 11.6 Å². The molecule has 0 aromatic carbocycles. The summed E-state index contributed by atoms with van der Waals surface area (Å²) in [6.07, 6.45) is 0. The SMILES string of the molecule is Cc1sc(Cl)cc1-c1c(O)[nH]c(O)c1-c1cc(C(=O)N=O)sc1C. The molecule has 0 bridgehead atoms. The average Bonchev–Trinajstić information content (AvgIpc) is 3.13. The first kappa shape index (κ1) is 16.7. The summed E-state index contributed by atoms with van der Waals surface area (Å²) >= 11 is 8.50. The predicted octanol–water partition coefficient (Wildman–Crippen LogP) is 5.06. The second kappa shape index (κ2) is 6.04. The van der Waals surface area contributed by atoms with Crippen LogP contribution in [0, 0.1) is 18.8 Å². The molecule has 9 heteroatoms. The van der Waals surface area contributed by atoms with E-state index in [1.165, 1.54) is 17.4 Å². The summed E-state index contributed by atoms with van der Waals surface area (Å²) in [5.74, 6) is -1.31. The molecular weight excluding hydrogens is 372 g/mol. The van der Waals surface area contributed by atoms with E-state index in [0.29, 0.717) is 31.5 Å². The summed E-state index contributed by atoms with van der Waals surface area (Å²) in [5, 5.41) is 22.9. The van der Waals surface area contributed by atoms with Crippen LogP contribution < -0.4 is 0 Å². The highest BCUT2D eigenvalue weighted by Gasteiger charge is 2.26. The first-order valence-corrected chi connectivity index (χ1v) is 8.73. The highest BCUT2D eigenvalue weighted by atomic mass is 35.5. The largest absolute Gasteiger partial charge is 0.494 e. The number of rotatable bonds is 3. The summed E-state index contributed by atoms with van der Waals surface area (Å²) in [6, 6.07) is 3.19. The fraction of sp³-hybridized carbons (Fsp3) is 0.133. The molecule has 3 aromatic heterocycles. The molecule has 0 aliphatic rings. The van der Waals surface area contributed by atoms with Gasteiger partial charge in [-0.15, -0.1) is 27.6 Å². The molecule has 3 N–H and O–H groups in total. The molecule has 0 aliphatic heterocycles. The zero-order valence-electron chi connectivity index (χ0n) is 12.5. The van der Waals surface area contributed by atoms with Crippen LogP contribution in [0.2, 0.25) is 4.34 Å². The van der Waals surface area contributed by atoms with Crippen LogP contribution in [0.4, 0.5) is 0 Å². The molecule has 24 heavy (non-hydrogen) atoms. The maximum atomic E-state index is 11.5. The summed E-state index contributed by atoms with van der Waals surface area (Å²) in [4.78, 5) is 26.2. The van der Waals surface area contributed by atoms with Crippen LogP contribution >= 0.6 is 34.3 Å². The third kappa shape index (κ3) is 2.62. The Bertz CT molecular complexity index is 971. The first-order valence-electron chi connectivity index (χ1n) is 6.72. The Labute approximate surface area is 149 Å². The standard InChI is InChI=1S/C15H11ClN2O4S2/c1-5-7(3-9(23-5)13(19)18-22)11-12(15(21)17-14(11)20)8-4-10(16)24-6(8)2/h3-4,17,20-21H,1-2H3. The number of aromatic nitrogens is 1. The number of hydrogen-bond donors (Lipinski definition) is 3. The number of nitrogens with zero attached hydrogens (tertiary/aromatic N) is 1. The maximum absolute atomic E-state index is 11.5. The molecule has 0 spiro atoms. The lowest BCUT2D eigenvalue weighted by atomic mass is 9.99. The van der Waals surface area contributed by atoms with E-state index in [4.69, 9.17) is 11.6 Å². The fourth-order valence-corrected chi connectivity index (χ4v) is 4.67. The van der Waals surface area contributed by atoms with E-state index >= 15 is 0 Å². The van der Waals surface area contributed by atoms with Crippen molar-refractivity contribution >= 4 is 40.2 Å². The van der Waals surface area contributed by atoms with Gasteiger partial charge < -0.3 is 10.2 Å². The van der Waals surface area contributed by atoms with Crippen LogP contribution in [0.25, 0.3) is 22.3 Å². The van der Waals surface area contributed by atoms with E-state index in [1.54, 1.807) is 13.0 Å². The molecule has 0 aliphatic carbocycles. The minimum absolute atomic E-state index is 0.170. The molecule has 0 atom stereocenters. The highest BCUT2D eigenvalue weighted by molar-refractivity contribution is 7.16. The third-order valence-corrected chi connectivity index (χ3v) is 5.82. The van der Waals surface area contributed by atoms with Crippen LogP contribution in [0.15, 0.2) is 17.3 Å². The smallest absolute Gasteiger partial charge is 0.326 e. The monoisotopic (exact) mass is 382 g/mol. The van der Waals surface area contributed by atoms with Crippen LogP contribution in [0.1, 0.15) is 19.4 Å². The van der Waals surface area contributed by atoms with Gasteiger partial charge in [-0.3, -0.25) is 9.78 Å². The van der Waals surface area contributed by atoms with E-state index in [2.05, 4.69) is 10.2 Å². The van der Waals surface area contributed by atoms with E-state index in [-0.39, 0.29) is 16.6 Å². The van der Waals surface area contributed by atoms with Crippen molar-refractivity contribution < 1.29 is 15.0 Å². The molecule has 1 amide bonds. The van der Waals surface area contributed by atoms with Gasteiger partial charge in [-0.25, -0.2) is 0 Å². The van der Waals surface area contributed by atoms with Crippen molar-refractivity contribution in [1.29, 1.82) is 0 Å². The lowest BCUT2D eigenvalue weighted by Crippen LogP contribution is -1.87. The van der Waals surface area contributed by atoms with Gasteiger partial charge in [0.25, 0.3) is 0 Å². The van der Waals surface area contributed by atoms with Gasteiger partial charge >= 0.3 is 5.91 Å². The number of halogens is 1. The number of hydrogen-bond acceptors (Lipinski definition) is 6. The Morgan fingerprint density at radius 3 is 2.12 bits per heavy atom. The van der Waals surface area contributed by atoms with Gasteiger partial charge in [-0.05, 0) is 26.0 Å². The number of nitrogens with one attached hydrogen (secondary N) is 1. The van der Waals surface area contributed by atoms with Crippen molar-refractivity contribution in [3.63, 3.8) is 0 Å². The third-order valence-electron chi connectivity index (χ3n) is 3.60. The highest BCUT2D eigenvalue weighted by Crippen LogP contribution is 2.49. The molecule has 124 valence electrons. The Balaban J connectivity index is 2.27. The van der Waals surface area contributed by atoms with E-state index in [9.17, 15) is 19.9 Å². The quantitative estimate of drug-likeness (QED) is 0.551. The summed E-state index contributed by atoms with van der Waals surface area (Å²) in [7, 11) is 0. The van der Waals surface area contributed by atoms with Crippen molar-refractivity contribution in [2.75, 3.05) is 0 Å². The number of aromatic hydroxyl groups is 2. The van der Waals surface area contributed by atoms with Crippen molar-refractivity contribution in [3.8, 4) is 34.0 Å². The van der Waals surface area contributed by atoms with Crippen LogP contribution in [0.3, 0.4) is 0 Å². The Kier molecular flexibility index (Phi) is 4.20. The van der Waals surface area contributed by atoms with Gasteiger partial charge in [-0.2, -0.15) is 0 Å². The Morgan fingerprint density at radius 2 is 1.62 bits per heavy atom. The van der Waals surface area contributed by atoms with Gasteiger partial charge in [0.15, 0.2) is 11.8 Å². The van der Waals surface area contributed by atoms with E-state index in [0.717, 1.165) is 16.2 Å². The number of H-pyrrole nitrogens is 1. The lowest BCUT2D eigenvalue weighted by Gasteiger charge is -2.04. The lowest BCUT2D eigenvalue weighted by molar-refractivity contribution is 0.100.